The zero-order chi connectivity index (χ0) is 38.2. The van der Waals surface area contributed by atoms with E-state index in [0.29, 0.717) is 25.4 Å². The molecule has 54 heavy (non-hydrogen) atoms. The topological polar surface area (TPSA) is 109 Å². The summed E-state index contributed by atoms with van der Waals surface area (Å²) < 4.78 is 18.7. The number of nitrogens with zero attached hydrogens (tertiary/aromatic N) is 3. The number of hydrogen-bond acceptors (Lipinski definition) is 7. The molecule has 0 saturated carbocycles. The van der Waals surface area contributed by atoms with Crippen LogP contribution >= 0.6 is 15.9 Å². The predicted molar refractivity (Wildman–Crippen MR) is 214 cm³/mol. The molecular weight excluding hydrogens is 766 g/mol. The van der Waals surface area contributed by atoms with Gasteiger partial charge in [-0.2, -0.15) is 0 Å². The highest BCUT2D eigenvalue weighted by Crippen LogP contribution is 2.60. The van der Waals surface area contributed by atoms with Crippen LogP contribution in [0.1, 0.15) is 30.0 Å². The average molecular weight is 813 g/mol. The molecule has 3 amide bonds. The van der Waals surface area contributed by atoms with Crippen LogP contribution < -0.4 is 19.7 Å². The number of hydrogen-bond donors (Lipinski definition) is 1. The van der Waals surface area contributed by atoms with Crippen LogP contribution in [0.3, 0.4) is 0 Å². The van der Waals surface area contributed by atoms with Gasteiger partial charge in [0.1, 0.15) is 12.4 Å². The molecule has 7 rings (SSSR count). The number of aliphatic hydroxyl groups is 1. The first-order valence-corrected chi connectivity index (χ1v) is 22.2. The maximum Gasteiger partial charge on any atom is 0.414 e. The van der Waals surface area contributed by atoms with Gasteiger partial charge in [-0.25, -0.2) is 4.79 Å². The van der Waals surface area contributed by atoms with Crippen LogP contribution in [-0.2, 0) is 37.8 Å². The van der Waals surface area contributed by atoms with E-state index in [2.05, 4.69) is 48.1 Å². The molecule has 2 saturated heterocycles. The first-order valence-electron chi connectivity index (χ1n) is 18.4. The summed E-state index contributed by atoms with van der Waals surface area (Å²) in [6, 6.07) is 31.4. The zero-order valence-corrected chi connectivity index (χ0v) is 33.6. The smallest absolute Gasteiger partial charge is 0.414 e. The van der Waals surface area contributed by atoms with Crippen LogP contribution in [0.2, 0.25) is 18.6 Å². The van der Waals surface area contributed by atoms with Crippen molar-refractivity contribution in [1.29, 1.82) is 0 Å². The highest BCUT2D eigenvalue weighted by Gasteiger charge is 2.66. The van der Waals surface area contributed by atoms with Crippen LogP contribution in [0.25, 0.3) is 0 Å². The van der Waals surface area contributed by atoms with E-state index in [1.165, 1.54) is 5.19 Å². The van der Waals surface area contributed by atoms with Crippen molar-refractivity contribution in [2.24, 2.45) is 5.92 Å². The lowest BCUT2D eigenvalue weighted by Crippen LogP contribution is -2.52. The number of carbonyl (C=O) groups is 3. The fourth-order valence-electron chi connectivity index (χ4n) is 8.79. The molecule has 4 aromatic carbocycles. The number of ether oxygens (including phenoxy) is 3. The van der Waals surface area contributed by atoms with E-state index in [1.807, 2.05) is 84.9 Å². The second-order valence-electron chi connectivity index (χ2n) is 14.9. The molecule has 2 fully saturated rings. The third-order valence-electron chi connectivity index (χ3n) is 11.4. The first kappa shape index (κ1) is 37.8. The highest BCUT2D eigenvalue weighted by molar-refractivity contribution is 9.10. The molecule has 3 aliphatic heterocycles. The number of benzene rings is 4. The number of rotatable bonds is 12. The van der Waals surface area contributed by atoms with Crippen molar-refractivity contribution < 1.29 is 33.7 Å². The van der Waals surface area contributed by atoms with Gasteiger partial charge in [-0.3, -0.25) is 14.5 Å². The molecule has 0 radical (unpaired) electrons. The molecule has 0 aliphatic carbocycles. The molecule has 1 spiro atoms. The zero-order valence-electron chi connectivity index (χ0n) is 31.0. The first-order chi connectivity index (χ1) is 26.0. The second kappa shape index (κ2) is 15.3. The fourth-order valence-corrected chi connectivity index (χ4v) is 13.2. The maximum atomic E-state index is 15.3. The largest absolute Gasteiger partial charge is 0.497 e. The molecule has 0 unspecified atom stereocenters. The summed E-state index contributed by atoms with van der Waals surface area (Å²) in [6.45, 7) is 8.11. The molecule has 10 nitrogen and oxygen atoms in total. The van der Waals surface area contributed by atoms with Crippen molar-refractivity contribution >= 4 is 58.5 Å². The minimum Gasteiger partial charge on any atom is -0.497 e. The summed E-state index contributed by atoms with van der Waals surface area (Å²) in [5, 5.41) is 11.2. The van der Waals surface area contributed by atoms with Gasteiger partial charge in [0, 0.05) is 34.7 Å². The van der Waals surface area contributed by atoms with E-state index < -0.39 is 19.8 Å². The van der Waals surface area contributed by atoms with Crippen molar-refractivity contribution in [2.45, 2.75) is 56.8 Å². The van der Waals surface area contributed by atoms with Crippen LogP contribution in [0.15, 0.2) is 102 Å². The highest BCUT2D eigenvalue weighted by atomic mass is 79.9. The third kappa shape index (κ3) is 6.85. The van der Waals surface area contributed by atoms with E-state index in [4.69, 9.17) is 14.2 Å². The van der Waals surface area contributed by atoms with E-state index >= 15 is 4.79 Å². The van der Waals surface area contributed by atoms with Gasteiger partial charge in [0.25, 0.3) is 5.91 Å². The molecule has 0 aromatic heterocycles. The van der Waals surface area contributed by atoms with Crippen molar-refractivity contribution in [3.8, 4) is 5.75 Å². The fraction of sp³-hybridized carbons (Fsp3) is 0.357. The minimum absolute atomic E-state index is 0.0563. The molecule has 282 valence electrons. The number of anilines is 2. The van der Waals surface area contributed by atoms with Crippen molar-refractivity contribution in [3.05, 3.63) is 118 Å². The Bertz CT molecular complexity index is 2030. The van der Waals surface area contributed by atoms with Gasteiger partial charge in [-0.15, -0.1) is 0 Å². The summed E-state index contributed by atoms with van der Waals surface area (Å²) in [4.78, 5) is 47.1. The normalized spacial score (nSPS) is 22.1. The van der Waals surface area contributed by atoms with Crippen LogP contribution in [0, 0.1) is 5.92 Å². The Labute approximate surface area is 325 Å². The summed E-state index contributed by atoms with van der Waals surface area (Å²) in [6.07, 6.45) is -0.919. The van der Waals surface area contributed by atoms with Crippen molar-refractivity contribution in [1.82, 2.24) is 4.90 Å². The number of methoxy groups -OCH3 is 1. The number of carbonyl (C=O) groups excluding carboxylic acids is 3. The van der Waals surface area contributed by atoms with Crippen LogP contribution in [0.5, 0.6) is 5.75 Å². The van der Waals surface area contributed by atoms with E-state index in [-0.39, 0.29) is 55.5 Å². The van der Waals surface area contributed by atoms with E-state index in [0.717, 1.165) is 32.6 Å². The number of amides is 3. The maximum absolute atomic E-state index is 15.3. The Morgan fingerprint density at radius 3 is 2.43 bits per heavy atom. The Morgan fingerprint density at radius 1 is 1.00 bits per heavy atom. The average Bonchev–Trinajstić information content (AvgIpc) is 3.80. The summed E-state index contributed by atoms with van der Waals surface area (Å²) >= 11 is 3.68. The monoisotopic (exact) mass is 811 g/mol. The minimum atomic E-state index is -2.52. The lowest BCUT2D eigenvalue weighted by Gasteiger charge is -2.37. The Kier molecular flexibility index (Phi) is 10.7. The summed E-state index contributed by atoms with van der Waals surface area (Å²) in [5.74, 6) is 0.135. The van der Waals surface area contributed by atoms with Crippen LogP contribution in [-0.4, -0.2) is 75.5 Å². The van der Waals surface area contributed by atoms with Gasteiger partial charge < -0.3 is 29.1 Å². The number of halogens is 1. The number of aliphatic hydroxyl groups excluding tert-OH is 1. The Morgan fingerprint density at radius 2 is 1.74 bits per heavy atom. The van der Waals surface area contributed by atoms with Gasteiger partial charge in [-0.05, 0) is 59.1 Å². The Balaban J connectivity index is 1.28. The summed E-state index contributed by atoms with van der Waals surface area (Å²) in [7, 11) is -0.872. The molecule has 1 N–H and O–H groups in total. The lowest BCUT2D eigenvalue weighted by molar-refractivity contribution is -0.150. The molecule has 4 aromatic rings. The molecule has 4 atom stereocenters. The molecule has 3 aliphatic rings. The third-order valence-corrected chi connectivity index (χ3v) is 16.3. The Hall–Kier alpha value is -4.49. The van der Waals surface area contributed by atoms with E-state index in [9.17, 15) is 14.7 Å². The quantitative estimate of drug-likeness (QED) is 0.161. The van der Waals surface area contributed by atoms with Gasteiger partial charge in [0.05, 0.1) is 53.1 Å². The SMILES string of the molecule is COc1ccc([Si](C)(C)[C@H]2[C@H](CC(=O)N(CCO)Cc3ccccc3)O[C@@]3(C(=O)N(Cc4cccc(N5CCOC5=O)c4)c4ccc(Br)cc43)[C@@H]2C)cc1. The van der Waals surface area contributed by atoms with Crippen molar-refractivity contribution in [3.63, 3.8) is 0 Å². The molecule has 3 heterocycles. The number of cyclic esters (lactones) is 1. The van der Waals surface area contributed by atoms with Gasteiger partial charge >= 0.3 is 6.09 Å². The molecule has 0 bridgehead atoms. The standard InChI is InChI=1S/C42H46BrN3O7Si/c1-28-39(54(3,4)34-16-14-33(51-2)15-17-34)37(25-38(48)44(19-21-47)26-29-9-6-5-7-10-29)53-42(28)35-24-31(43)13-18-36(35)46(40(42)49)27-30-11-8-12-32(23-30)45-20-22-52-41(45)50/h5-18,23-24,28,37,39,47H,19-22,25-27H2,1-4H3/t28-,37+,39-,42+/m1/s1. The predicted octanol–water partition coefficient (Wildman–Crippen LogP) is 6.59. The van der Waals surface area contributed by atoms with Gasteiger partial charge in [0.15, 0.2) is 5.60 Å². The molecular formula is C42H46BrN3O7Si. The molecule has 12 heteroatoms. The van der Waals surface area contributed by atoms with E-state index in [1.54, 1.807) is 21.8 Å². The second-order valence-corrected chi connectivity index (χ2v) is 20.5. The van der Waals surface area contributed by atoms with Crippen molar-refractivity contribution in [2.75, 3.05) is 43.2 Å². The van der Waals surface area contributed by atoms with Gasteiger partial charge in [0.2, 0.25) is 5.91 Å². The van der Waals surface area contributed by atoms with Gasteiger partial charge in [-0.1, -0.05) is 95.7 Å². The summed E-state index contributed by atoms with van der Waals surface area (Å²) in [5.41, 5.74) is 2.55. The lowest BCUT2D eigenvalue weighted by atomic mass is 9.82. The van der Waals surface area contributed by atoms with Crippen LogP contribution in [0.4, 0.5) is 16.2 Å². The number of fused-ring (bicyclic) bond motifs is 2.